The maximum atomic E-state index is 14.9. The number of hydrogen-bond donors (Lipinski definition) is 4. The summed E-state index contributed by atoms with van der Waals surface area (Å²) in [5.74, 6) is -7.53. The number of carbonyl (C=O) groups is 4. The number of phenols is 1. The lowest BCUT2D eigenvalue weighted by molar-refractivity contribution is -0.200. The highest BCUT2D eigenvalue weighted by molar-refractivity contribution is 6.24. The number of allylic oxidation sites excluding steroid dienone is 1. The molecule has 0 heterocycles. The van der Waals surface area contributed by atoms with Crippen molar-refractivity contribution in [3.05, 3.63) is 45.7 Å². The van der Waals surface area contributed by atoms with Crippen LogP contribution >= 0.6 is 0 Å². The minimum atomic E-state index is -2.79. The number of aromatic hydroxyl groups is 1. The molecule has 4 aliphatic rings. The van der Waals surface area contributed by atoms with Gasteiger partial charge in [0.15, 0.2) is 17.2 Å². The molecule has 4 N–H and O–H groups in total. The van der Waals surface area contributed by atoms with Gasteiger partial charge in [0.25, 0.3) is 0 Å². The van der Waals surface area contributed by atoms with Crippen molar-refractivity contribution >= 4 is 28.9 Å². The van der Waals surface area contributed by atoms with Crippen molar-refractivity contribution in [3.8, 4) is 5.75 Å². The number of aliphatic hydroxyl groups excluding tert-OH is 2. The van der Waals surface area contributed by atoms with Crippen molar-refractivity contribution in [2.24, 2.45) is 34.5 Å². The molecule has 1 aromatic carbocycles. The molecule has 1 unspecified atom stereocenters. The summed E-state index contributed by atoms with van der Waals surface area (Å²) in [5, 5.41) is 48.0. The Bertz CT molecular complexity index is 1570. The molecule has 2 fully saturated rings. The fourth-order valence-corrected chi connectivity index (χ4v) is 9.26. The van der Waals surface area contributed by atoms with Crippen LogP contribution in [-0.2, 0) is 24.6 Å². The van der Waals surface area contributed by atoms with Crippen molar-refractivity contribution in [2.75, 3.05) is 0 Å². The first kappa shape index (κ1) is 32.1. The molecule has 44 heavy (non-hydrogen) atoms. The van der Waals surface area contributed by atoms with Crippen molar-refractivity contribution in [2.45, 2.75) is 105 Å². The normalized spacial score (nSPS) is 34.0. The molecule has 0 saturated heterocycles. The maximum absolute atomic E-state index is 14.9. The van der Waals surface area contributed by atoms with Crippen LogP contribution in [0.1, 0.15) is 111 Å². The summed E-state index contributed by atoms with van der Waals surface area (Å²) in [7, 11) is 0. The Kier molecular flexibility index (Phi) is 7.21. The number of phenolic OH excluding ortho intramolecular Hbond substituents is 1. The van der Waals surface area contributed by atoms with Crippen LogP contribution < -0.4 is 0 Å². The molecule has 238 valence electrons. The van der Waals surface area contributed by atoms with Crippen LogP contribution in [0.3, 0.4) is 0 Å². The second kappa shape index (κ2) is 9.87. The highest BCUT2D eigenvalue weighted by Crippen LogP contribution is 2.71. The van der Waals surface area contributed by atoms with Crippen LogP contribution in [-0.4, -0.2) is 49.2 Å². The van der Waals surface area contributed by atoms with Gasteiger partial charge in [0.1, 0.15) is 28.6 Å². The van der Waals surface area contributed by atoms with E-state index in [1.54, 1.807) is 33.8 Å². The third-order valence-corrected chi connectivity index (χ3v) is 11.9. The molecule has 8 nitrogen and oxygen atoms in total. The fraction of sp³-hybridized carbons (Fsp3) is 0.611. The lowest BCUT2D eigenvalue weighted by atomic mass is 9.37. The van der Waals surface area contributed by atoms with E-state index in [2.05, 4.69) is 0 Å². The van der Waals surface area contributed by atoms with Gasteiger partial charge in [0, 0.05) is 40.2 Å². The van der Waals surface area contributed by atoms with Crippen molar-refractivity contribution in [3.63, 3.8) is 0 Å². The summed E-state index contributed by atoms with van der Waals surface area (Å²) in [6.45, 7) is 15.6. The van der Waals surface area contributed by atoms with E-state index in [0.29, 0.717) is 11.1 Å². The topological polar surface area (TPSA) is 149 Å². The molecular weight excluding hydrogens is 560 g/mol. The molecule has 6 atom stereocenters. The van der Waals surface area contributed by atoms with Gasteiger partial charge in [0.2, 0.25) is 5.78 Å². The largest absolute Gasteiger partial charge is 0.508 e. The van der Waals surface area contributed by atoms with Crippen LogP contribution in [0.15, 0.2) is 29.0 Å². The zero-order chi connectivity index (χ0) is 33.1. The first-order valence-electron chi connectivity index (χ1n) is 15.8. The highest BCUT2D eigenvalue weighted by atomic mass is 16.3. The Balaban J connectivity index is 1.92. The van der Waals surface area contributed by atoms with Gasteiger partial charge < -0.3 is 20.4 Å². The Morgan fingerprint density at radius 2 is 1.64 bits per heavy atom. The molecule has 0 bridgehead atoms. The van der Waals surface area contributed by atoms with Gasteiger partial charge in [-0.15, -0.1) is 0 Å². The van der Waals surface area contributed by atoms with Gasteiger partial charge >= 0.3 is 0 Å². The molecule has 4 aliphatic carbocycles. The summed E-state index contributed by atoms with van der Waals surface area (Å²) < 4.78 is 0. The molecule has 0 aliphatic heterocycles. The van der Waals surface area contributed by atoms with Gasteiger partial charge in [-0.05, 0) is 48.5 Å². The number of hydrogen-bond acceptors (Lipinski definition) is 8. The van der Waals surface area contributed by atoms with Crippen LogP contribution in [0.2, 0.25) is 0 Å². The van der Waals surface area contributed by atoms with Crippen LogP contribution in [0.4, 0.5) is 0 Å². The fourth-order valence-electron chi connectivity index (χ4n) is 9.26. The van der Waals surface area contributed by atoms with Gasteiger partial charge in [-0.2, -0.15) is 0 Å². The van der Waals surface area contributed by atoms with Crippen molar-refractivity contribution in [1.82, 2.24) is 0 Å². The smallest absolute Gasteiger partial charge is 0.203 e. The predicted molar refractivity (Wildman–Crippen MR) is 165 cm³/mol. The minimum Gasteiger partial charge on any atom is -0.508 e. The molecule has 0 aromatic heterocycles. The molecule has 1 aromatic rings. The lowest BCUT2D eigenvalue weighted by Crippen LogP contribution is -2.73. The summed E-state index contributed by atoms with van der Waals surface area (Å²) in [6.07, 6.45) is 2.27. The average molecular weight is 607 g/mol. The van der Waals surface area contributed by atoms with Gasteiger partial charge in [-0.25, -0.2) is 0 Å². The molecule has 0 spiro atoms. The second-order valence-electron chi connectivity index (χ2n) is 15.4. The van der Waals surface area contributed by atoms with Crippen molar-refractivity contribution in [1.29, 1.82) is 0 Å². The number of ketones is 4. The third-order valence-electron chi connectivity index (χ3n) is 11.9. The first-order valence-corrected chi connectivity index (χ1v) is 15.8. The Morgan fingerprint density at radius 3 is 2.11 bits per heavy atom. The summed E-state index contributed by atoms with van der Waals surface area (Å²) in [6, 6.07) is 3.63. The SMILES string of the molecule is CC(=O)C1=C(O)[C@]2(O)C(=O)C3=C(O)c4c(ccc(C(C)(C)C)c4O)[C@@H](C)[C@]3(C)[C@@H](CC(=O)C3CCC3)[C@]2(C)C(C(C)C)C1=O. The van der Waals surface area contributed by atoms with Crippen LogP contribution in [0, 0.1) is 34.5 Å². The predicted octanol–water partition coefficient (Wildman–Crippen LogP) is 6.03. The molecule has 8 heteroatoms. The summed E-state index contributed by atoms with van der Waals surface area (Å²) in [4.78, 5) is 55.7. The average Bonchev–Trinajstić information content (AvgIpc) is 2.86. The number of fused-ring (bicyclic) bond motifs is 3. The number of benzene rings is 1. The third kappa shape index (κ3) is 3.78. The molecule has 0 amide bonds. The highest BCUT2D eigenvalue weighted by Gasteiger charge is 2.77. The van der Waals surface area contributed by atoms with E-state index in [1.807, 2.05) is 33.8 Å². The maximum Gasteiger partial charge on any atom is 0.203 e. The lowest BCUT2D eigenvalue weighted by Gasteiger charge is -2.65. The summed E-state index contributed by atoms with van der Waals surface area (Å²) in [5.41, 5.74) is -5.97. The number of Topliss-reactive ketones (excluding diaryl/α,β-unsaturated/α-hetero) is 4. The molecule has 2 saturated carbocycles. The van der Waals surface area contributed by atoms with Gasteiger partial charge in [-0.1, -0.05) is 73.9 Å². The Hall–Kier alpha value is -3.26. The van der Waals surface area contributed by atoms with Crippen molar-refractivity contribution < 1.29 is 39.6 Å². The van der Waals surface area contributed by atoms with E-state index in [-0.39, 0.29) is 35.0 Å². The molecule has 0 radical (unpaired) electrons. The van der Waals surface area contributed by atoms with Gasteiger partial charge in [-0.3, -0.25) is 19.2 Å². The zero-order valence-electron chi connectivity index (χ0n) is 27.3. The number of rotatable bonds is 5. The van der Waals surface area contributed by atoms with E-state index in [0.717, 1.165) is 26.2 Å². The Morgan fingerprint density at radius 1 is 1.05 bits per heavy atom. The molecular formula is C36H46O8. The second-order valence-corrected chi connectivity index (χ2v) is 15.4. The standard InChI is InChI=1S/C36H46O8/c1-16(2)26-29(40)24(18(4)37)31(42)36(44)32(43)27-30(41)25-20(13-14-21(28(25)39)33(5,6)7)17(3)34(27,8)23(35(26,36)9)15-22(38)19-11-10-12-19/h13-14,16-17,19,23,26,39,41-42,44H,10-12,15H2,1-9H3/t17-,23-,26?,34-,35-,36+/m1/s1. The zero-order valence-corrected chi connectivity index (χ0v) is 27.3. The molecule has 5 rings (SSSR count). The van der Waals surface area contributed by atoms with E-state index >= 15 is 0 Å². The van der Waals surface area contributed by atoms with Crippen LogP contribution in [0.25, 0.3) is 5.76 Å². The van der Waals surface area contributed by atoms with E-state index in [9.17, 15) is 39.6 Å². The number of aliphatic hydroxyl groups is 3. The Labute approximate surface area is 259 Å². The van der Waals surface area contributed by atoms with E-state index < -0.39 is 80.0 Å². The summed E-state index contributed by atoms with van der Waals surface area (Å²) >= 11 is 0. The number of carbonyl (C=O) groups excluding carboxylic acids is 4. The monoisotopic (exact) mass is 606 g/mol. The quantitative estimate of drug-likeness (QED) is 0.297. The van der Waals surface area contributed by atoms with Gasteiger partial charge in [0.05, 0.1) is 5.56 Å². The first-order chi connectivity index (χ1) is 20.2. The van der Waals surface area contributed by atoms with E-state index in [1.165, 1.54) is 0 Å². The van der Waals surface area contributed by atoms with E-state index in [4.69, 9.17) is 0 Å². The van der Waals surface area contributed by atoms with Crippen LogP contribution in [0.5, 0.6) is 5.75 Å². The minimum absolute atomic E-state index is 0.0565.